The molecule has 0 saturated carbocycles. The lowest BCUT2D eigenvalue weighted by Gasteiger charge is -2.07. The summed E-state index contributed by atoms with van der Waals surface area (Å²) in [6, 6.07) is 5.23. The molecule has 0 spiro atoms. The lowest BCUT2D eigenvalue weighted by atomic mass is 10.2. The van der Waals surface area contributed by atoms with Crippen LogP contribution in [0.4, 0.5) is 11.4 Å². The van der Waals surface area contributed by atoms with E-state index in [9.17, 15) is 4.79 Å². The summed E-state index contributed by atoms with van der Waals surface area (Å²) in [6.07, 6.45) is 1.55. The molecule has 94 valence electrons. The molecule has 1 amide bonds. The molecule has 0 aliphatic rings. The van der Waals surface area contributed by atoms with Crippen molar-refractivity contribution in [2.45, 2.75) is 6.92 Å². The monoisotopic (exact) mass is 308 g/mol. The van der Waals surface area contributed by atoms with Crippen molar-refractivity contribution in [3.63, 3.8) is 0 Å². The fraction of sp³-hybridized carbons (Fsp3) is 0.167. The molecule has 1 aromatic carbocycles. The molecule has 0 aliphatic heterocycles. The smallest absolute Gasteiger partial charge is 0.259 e. The molecule has 2 rings (SSSR count). The van der Waals surface area contributed by atoms with Crippen LogP contribution < -0.4 is 11.1 Å². The molecule has 1 aromatic heterocycles. The number of nitrogens with zero attached hydrogens (tertiary/aromatic N) is 2. The van der Waals surface area contributed by atoms with Crippen LogP contribution >= 0.6 is 15.9 Å². The number of halogens is 1. The molecular weight excluding hydrogens is 296 g/mol. The maximum atomic E-state index is 12.1. The molecule has 0 aliphatic carbocycles. The van der Waals surface area contributed by atoms with E-state index in [-0.39, 0.29) is 5.91 Å². The van der Waals surface area contributed by atoms with Gasteiger partial charge in [-0.2, -0.15) is 5.10 Å². The van der Waals surface area contributed by atoms with Gasteiger partial charge in [-0.05, 0) is 41.1 Å². The van der Waals surface area contributed by atoms with Gasteiger partial charge < -0.3 is 11.1 Å². The Kier molecular flexibility index (Phi) is 3.38. The molecule has 0 fully saturated rings. The van der Waals surface area contributed by atoms with Crippen molar-refractivity contribution in [3.8, 4) is 0 Å². The third kappa shape index (κ3) is 2.38. The van der Waals surface area contributed by atoms with Crippen LogP contribution in [-0.2, 0) is 7.05 Å². The number of amides is 1. The average Bonchev–Trinajstić information content (AvgIpc) is 2.64. The number of hydrogen-bond acceptors (Lipinski definition) is 3. The van der Waals surface area contributed by atoms with Crippen molar-refractivity contribution in [3.05, 3.63) is 40.1 Å². The number of anilines is 2. The van der Waals surface area contributed by atoms with Crippen molar-refractivity contribution in [2.24, 2.45) is 7.05 Å². The maximum absolute atomic E-state index is 12.1. The Morgan fingerprint density at radius 2 is 2.22 bits per heavy atom. The number of aromatic nitrogens is 2. The van der Waals surface area contributed by atoms with Gasteiger partial charge in [-0.15, -0.1) is 0 Å². The lowest BCUT2D eigenvalue weighted by Crippen LogP contribution is -2.13. The maximum Gasteiger partial charge on any atom is 0.259 e. The number of hydrogen-bond donors (Lipinski definition) is 2. The van der Waals surface area contributed by atoms with Gasteiger partial charge in [0.15, 0.2) is 0 Å². The molecule has 5 nitrogen and oxygen atoms in total. The van der Waals surface area contributed by atoms with Gasteiger partial charge in [0.25, 0.3) is 5.91 Å². The number of rotatable bonds is 2. The summed E-state index contributed by atoms with van der Waals surface area (Å²) in [5, 5.41) is 6.85. The van der Waals surface area contributed by atoms with Gasteiger partial charge in [-0.1, -0.05) is 0 Å². The number of nitrogen functional groups attached to an aromatic ring is 1. The van der Waals surface area contributed by atoms with Crippen LogP contribution in [0.25, 0.3) is 0 Å². The minimum Gasteiger partial charge on any atom is -0.399 e. The van der Waals surface area contributed by atoms with Gasteiger partial charge in [0.05, 0.1) is 17.4 Å². The summed E-state index contributed by atoms with van der Waals surface area (Å²) in [7, 11) is 1.80. The van der Waals surface area contributed by atoms with Gasteiger partial charge >= 0.3 is 0 Å². The highest BCUT2D eigenvalue weighted by Gasteiger charge is 2.13. The van der Waals surface area contributed by atoms with Crippen LogP contribution in [0.1, 0.15) is 16.1 Å². The minimum atomic E-state index is -0.189. The lowest BCUT2D eigenvalue weighted by molar-refractivity contribution is 0.102. The number of carbonyl (C=O) groups excluding carboxylic acids is 1. The normalized spacial score (nSPS) is 10.4. The Hall–Kier alpha value is -1.82. The largest absolute Gasteiger partial charge is 0.399 e. The Bertz CT molecular complexity index is 606. The van der Waals surface area contributed by atoms with Crippen molar-refractivity contribution in [1.82, 2.24) is 9.78 Å². The molecule has 0 unspecified atom stereocenters. The zero-order valence-corrected chi connectivity index (χ0v) is 11.7. The van der Waals surface area contributed by atoms with E-state index in [1.165, 1.54) is 0 Å². The first kappa shape index (κ1) is 12.6. The van der Waals surface area contributed by atoms with E-state index in [1.54, 1.807) is 36.1 Å². The number of aryl methyl sites for hydroxylation is 1. The Labute approximate surface area is 113 Å². The van der Waals surface area contributed by atoms with Crippen LogP contribution in [0.2, 0.25) is 0 Å². The number of benzene rings is 1. The van der Waals surface area contributed by atoms with Crippen LogP contribution in [0.15, 0.2) is 28.9 Å². The molecule has 0 saturated heterocycles. The van der Waals surface area contributed by atoms with E-state index in [2.05, 4.69) is 26.3 Å². The highest BCUT2D eigenvalue weighted by molar-refractivity contribution is 9.10. The van der Waals surface area contributed by atoms with Crippen LogP contribution in [0.3, 0.4) is 0 Å². The fourth-order valence-electron chi connectivity index (χ4n) is 1.54. The van der Waals surface area contributed by atoms with E-state index < -0.39 is 0 Å². The van der Waals surface area contributed by atoms with Gasteiger partial charge in [0, 0.05) is 22.9 Å². The summed E-state index contributed by atoms with van der Waals surface area (Å²) >= 11 is 3.36. The summed E-state index contributed by atoms with van der Waals surface area (Å²) in [4.78, 5) is 12.1. The van der Waals surface area contributed by atoms with Crippen molar-refractivity contribution in [1.29, 1.82) is 0 Å². The zero-order valence-electron chi connectivity index (χ0n) is 10.1. The van der Waals surface area contributed by atoms with E-state index >= 15 is 0 Å². The second-order valence-electron chi connectivity index (χ2n) is 3.96. The van der Waals surface area contributed by atoms with Crippen LogP contribution in [0, 0.1) is 6.92 Å². The van der Waals surface area contributed by atoms with Crippen molar-refractivity contribution in [2.75, 3.05) is 11.1 Å². The Balaban J connectivity index is 2.24. The van der Waals surface area contributed by atoms with Crippen LogP contribution in [0.5, 0.6) is 0 Å². The average molecular weight is 309 g/mol. The summed E-state index contributed by atoms with van der Waals surface area (Å²) in [5.74, 6) is -0.189. The van der Waals surface area contributed by atoms with E-state index in [0.717, 1.165) is 10.2 Å². The molecule has 18 heavy (non-hydrogen) atoms. The molecule has 1 heterocycles. The van der Waals surface area contributed by atoms with Crippen molar-refractivity contribution < 1.29 is 4.79 Å². The predicted molar refractivity (Wildman–Crippen MR) is 74.5 cm³/mol. The number of carbonyl (C=O) groups is 1. The highest BCUT2D eigenvalue weighted by Crippen LogP contribution is 2.25. The van der Waals surface area contributed by atoms with E-state index in [0.29, 0.717) is 16.9 Å². The third-order valence-electron chi connectivity index (χ3n) is 2.72. The Morgan fingerprint density at radius 1 is 1.50 bits per heavy atom. The first-order valence-corrected chi connectivity index (χ1v) is 6.13. The molecule has 0 bridgehead atoms. The van der Waals surface area contributed by atoms with Gasteiger partial charge in [0.2, 0.25) is 0 Å². The SMILES string of the molecule is Cc1c(C(=O)Nc2ccc(N)cc2Br)cnn1C. The van der Waals surface area contributed by atoms with Gasteiger partial charge in [-0.25, -0.2) is 0 Å². The first-order chi connectivity index (χ1) is 8.49. The second kappa shape index (κ2) is 4.81. The molecular formula is C12H13BrN4O. The standard InChI is InChI=1S/C12H13BrN4O/c1-7-9(6-15-17(7)2)12(18)16-11-4-3-8(14)5-10(11)13/h3-6H,14H2,1-2H3,(H,16,18). The van der Waals surface area contributed by atoms with Crippen molar-refractivity contribution >= 4 is 33.2 Å². The molecule has 3 N–H and O–H groups in total. The summed E-state index contributed by atoms with van der Waals surface area (Å²) in [6.45, 7) is 1.85. The molecule has 2 aromatic rings. The van der Waals surface area contributed by atoms with E-state index in [4.69, 9.17) is 5.73 Å². The summed E-state index contributed by atoms with van der Waals surface area (Å²) < 4.78 is 2.41. The Morgan fingerprint density at radius 3 is 2.78 bits per heavy atom. The van der Waals surface area contributed by atoms with E-state index in [1.807, 2.05) is 6.92 Å². The third-order valence-corrected chi connectivity index (χ3v) is 3.38. The fourth-order valence-corrected chi connectivity index (χ4v) is 2.04. The zero-order chi connectivity index (χ0) is 13.3. The summed E-state index contributed by atoms with van der Waals surface area (Å²) in [5.41, 5.74) is 8.33. The minimum absolute atomic E-state index is 0.189. The topological polar surface area (TPSA) is 72.9 Å². The molecule has 6 heteroatoms. The second-order valence-corrected chi connectivity index (χ2v) is 4.82. The number of nitrogens with two attached hydrogens (primary N) is 1. The molecule has 0 radical (unpaired) electrons. The first-order valence-electron chi connectivity index (χ1n) is 5.34. The van der Waals surface area contributed by atoms with Gasteiger partial charge in [0.1, 0.15) is 0 Å². The molecule has 0 atom stereocenters. The predicted octanol–water partition coefficient (Wildman–Crippen LogP) is 2.33. The quantitative estimate of drug-likeness (QED) is 0.836. The van der Waals surface area contributed by atoms with Gasteiger partial charge in [-0.3, -0.25) is 9.48 Å². The number of nitrogens with one attached hydrogen (secondary N) is 1. The highest BCUT2D eigenvalue weighted by atomic mass is 79.9. The van der Waals surface area contributed by atoms with Crippen LogP contribution in [-0.4, -0.2) is 15.7 Å².